The van der Waals surface area contributed by atoms with Crippen molar-refractivity contribution in [2.24, 2.45) is 0 Å². The Morgan fingerprint density at radius 3 is 2.67 bits per heavy atom. The van der Waals surface area contributed by atoms with Crippen LogP contribution in [0.4, 0.5) is 10.6 Å². The van der Waals surface area contributed by atoms with Crippen molar-refractivity contribution in [2.75, 3.05) is 5.32 Å². The van der Waals surface area contributed by atoms with Gasteiger partial charge in [0.25, 0.3) is 5.56 Å². The van der Waals surface area contributed by atoms with Gasteiger partial charge in [-0.25, -0.2) is 9.78 Å². The van der Waals surface area contributed by atoms with Crippen LogP contribution in [0.25, 0.3) is 16.6 Å². The minimum Gasteiger partial charge on any atom is -0.465 e. The molecule has 1 saturated carbocycles. The van der Waals surface area contributed by atoms with Crippen LogP contribution in [0, 0.1) is 0 Å². The number of amides is 1. The molecule has 0 bridgehead atoms. The Balaban J connectivity index is 1.53. The Hall–Kier alpha value is -3.35. The second-order valence-electron chi connectivity index (χ2n) is 6.77. The van der Waals surface area contributed by atoms with Crippen molar-refractivity contribution in [3.63, 3.8) is 0 Å². The van der Waals surface area contributed by atoms with E-state index in [0.717, 1.165) is 30.2 Å². The Morgan fingerprint density at radius 2 is 1.89 bits per heavy atom. The van der Waals surface area contributed by atoms with Gasteiger partial charge in [-0.05, 0) is 48.9 Å². The SMILES string of the molecule is O=C(O)N[C@H]1CC[C@H](Nc2ccc(-n3c(=O)ccc4ccccc43)cn2)C1. The van der Waals surface area contributed by atoms with Crippen molar-refractivity contribution in [2.45, 2.75) is 31.3 Å². The molecule has 27 heavy (non-hydrogen) atoms. The summed E-state index contributed by atoms with van der Waals surface area (Å²) in [4.78, 5) is 27.6. The van der Waals surface area contributed by atoms with Crippen LogP contribution in [-0.2, 0) is 0 Å². The van der Waals surface area contributed by atoms with E-state index in [9.17, 15) is 9.59 Å². The van der Waals surface area contributed by atoms with Crippen molar-refractivity contribution in [1.29, 1.82) is 0 Å². The summed E-state index contributed by atoms with van der Waals surface area (Å²) < 4.78 is 1.65. The fraction of sp³-hybridized carbons (Fsp3) is 0.250. The Bertz CT molecular complexity index is 1030. The van der Waals surface area contributed by atoms with Crippen LogP contribution in [0.5, 0.6) is 0 Å². The highest BCUT2D eigenvalue weighted by atomic mass is 16.4. The molecule has 1 fully saturated rings. The third kappa shape index (κ3) is 3.62. The summed E-state index contributed by atoms with van der Waals surface area (Å²) in [5, 5.41) is 15.7. The number of anilines is 1. The van der Waals surface area contributed by atoms with E-state index >= 15 is 0 Å². The second-order valence-corrected chi connectivity index (χ2v) is 6.77. The maximum absolute atomic E-state index is 12.4. The Labute approximate surface area is 155 Å². The molecular weight excluding hydrogens is 344 g/mol. The summed E-state index contributed by atoms with van der Waals surface area (Å²) >= 11 is 0. The number of hydrogen-bond donors (Lipinski definition) is 3. The fourth-order valence-electron chi connectivity index (χ4n) is 3.68. The van der Waals surface area contributed by atoms with Crippen LogP contribution in [0.1, 0.15) is 19.3 Å². The lowest BCUT2D eigenvalue weighted by atomic mass is 10.2. The van der Waals surface area contributed by atoms with E-state index in [0.29, 0.717) is 11.5 Å². The highest BCUT2D eigenvalue weighted by Gasteiger charge is 2.25. The molecule has 2 atom stereocenters. The summed E-state index contributed by atoms with van der Waals surface area (Å²) in [6.07, 6.45) is 3.13. The van der Waals surface area contributed by atoms with E-state index in [2.05, 4.69) is 15.6 Å². The minimum atomic E-state index is -0.983. The van der Waals surface area contributed by atoms with Crippen molar-refractivity contribution >= 4 is 22.8 Å². The zero-order chi connectivity index (χ0) is 18.8. The lowest BCUT2D eigenvalue weighted by molar-refractivity contribution is 0.190. The van der Waals surface area contributed by atoms with Gasteiger partial charge >= 0.3 is 6.09 Å². The molecular formula is C20H20N4O3. The zero-order valence-corrected chi connectivity index (χ0v) is 14.6. The highest BCUT2D eigenvalue weighted by molar-refractivity contribution is 5.80. The molecule has 4 rings (SSSR count). The lowest BCUT2D eigenvalue weighted by Gasteiger charge is -2.15. The quantitative estimate of drug-likeness (QED) is 0.661. The third-order valence-corrected chi connectivity index (χ3v) is 4.92. The van der Waals surface area contributed by atoms with Gasteiger partial charge in [-0.3, -0.25) is 9.36 Å². The summed E-state index contributed by atoms with van der Waals surface area (Å²) in [6, 6.07) is 15.0. The number of pyridine rings is 2. The normalized spacial score (nSPS) is 19.1. The van der Waals surface area contributed by atoms with E-state index in [4.69, 9.17) is 5.11 Å². The number of para-hydroxylation sites is 1. The van der Waals surface area contributed by atoms with Gasteiger partial charge in [0.05, 0.1) is 17.4 Å². The molecule has 2 heterocycles. The molecule has 7 heteroatoms. The predicted octanol–water partition coefficient (Wildman–Crippen LogP) is 2.99. The average Bonchev–Trinajstić information content (AvgIpc) is 3.08. The molecule has 3 aromatic rings. The molecule has 0 spiro atoms. The van der Waals surface area contributed by atoms with Crippen molar-refractivity contribution in [3.8, 4) is 5.69 Å². The standard InChI is InChI=1S/C20H20N4O3/c25-19-10-5-13-3-1-2-4-17(13)24(19)16-8-9-18(21-12-16)22-14-6-7-15(11-14)23-20(26)27/h1-5,8-10,12,14-15,23H,6-7,11H2,(H,21,22)(H,26,27)/t14-,15-/m0/s1. The number of fused-ring (bicyclic) bond motifs is 1. The van der Waals surface area contributed by atoms with E-state index in [1.165, 1.54) is 0 Å². The second kappa shape index (κ2) is 7.11. The van der Waals surface area contributed by atoms with Gasteiger partial charge in [0.1, 0.15) is 5.82 Å². The number of hydrogen-bond acceptors (Lipinski definition) is 4. The maximum atomic E-state index is 12.4. The third-order valence-electron chi connectivity index (χ3n) is 4.92. The number of nitrogens with one attached hydrogen (secondary N) is 2. The van der Waals surface area contributed by atoms with E-state index < -0.39 is 6.09 Å². The largest absolute Gasteiger partial charge is 0.465 e. The van der Waals surface area contributed by atoms with Gasteiger partial charge in [0, 0.05) is 18.2 Å². The van der Waals surface area contributed by atoms with Crippen molar-refractivity contribution in [1.82, 2.24) is 14.9 Å². The van der Waals surface area contributed by atoms with Crippen molar-refractivity contribution < 1.29 is 9.90 Å². The number of rotatable bonds is 4. The van der Waals surface area contributed by atoms with Crippen LogP contribution >= 0.6 is 0 Å². The topological polar surface area (TPSA) is 96.2 Å². The smallest absolute Gasteiger partial charge is 0.404 e. The summed E-state index contributed by atoms with van der Waals surface area (Å²) in [6.45, 7) is 0. The van der Waals surface area contributed by atoms with Crippen LogP contribution in [0.2, 0.25) is 0 Å². The number of nitrogens with zero attached hydrogens (tertiary/aromatic N) is 2. The summed E-state index contributed by atoms with van der Waals surface area (Å²) in [5.41, 5.74) is 1.44. The zero-order valence-electron chi connectivity index (χ0n) is 14.6. The summed E-state index contributed by atoms with van der Waals surface area (Å²) in [7, 11) is 0. The van der Waals surface area contributed by atoms with E-state index in [1.54, 1.807) is 16.8 Å². The molecule has 1 amide bonds. The van der Waals surface area contributed by atoms with Crippen LogP contribution < -0.4 is 16.2 Å². The molecule has 0 saturated heterocycles. The van der Waals surface area contributed by atoms with E-state index in [-0.39, 0.29) is 17.6 Å². The van der Waals surface area contributed by atoms with Gasteiger partial charge in [0.2, 0.25) is 0 Å². The first-order valence-electron chi connectivity index (χ1n) is 8.93. The predicted molar refractivity (Wildman–Crippen MR) is 104 cm³/mol. The van der Waals surface area contributed by atoms with Gasteiger partial charge in [0.15, 0.2) is 0 Å². The highest BCUT2D eigenvalue weighted by Crippen LogP contribution is 2.23. The Kier molecular flexibility index (Phi) is 4.50. The first kappa shape index (κ1) is 17.1. The van der Waals surface area contributed by atoms with Gasteiger partial charge in [-0.1, -0.05) is 18.2 Å². The number of carboxylic acid groups (broad SMARTS) is 1. The minimum absolute atomic E-state index is 0.0199. The first-order valence-corrected chi connectivity index (χ1v) is 8.93. The van der Waals surface area contributed by atoms with Gasteiger partial charge < -0.3 is 15.7 Å². The molecule has 138 valence electrons. The number of aromatic nitrogens is 2. The van der Waals surface area contributed by atoms with Crippen LogP contribution in [-0.4, -0.2) is 32.8 Å². The van der Waals surface area contributed by atoms with E-state index in [1.807, 2.05) is 42.5 Å². The lowest BCUT2D eigenvalue weighted by Crippen LogP contribution is -2.32. The molecule has 3 N–H and O–H groups in total. The van der Waals surface area contributed by atoms with Crippen molar-refractivity contribution in [3.05, 3.63) is 65.1 Å². The van der Waals surface area contributed by atoms with Gasteiger partial charge in [-0.15, -0.1) is 0 Å². The molecule has 0 radical (unpaired) electrons. The maximum Gasteiger partial charge on any atom is 0.404 e. The fourth-order valence-corrected chi connectivity index (χ4v) is 3.68. The average molecular weight is 364 g/mol. The molecule has 7 nitrogen and oxygen atoms in total. The molecule has 1 aliphatic rings. The molecule has 0 aliphatic heterocycles. The molecule has 2 aromatic heterocycles. The number of benzene rings is 1. The Morgan fingerprint density at radius 1 is 1.07 bits per heavy atom. The molecule has 1 aliphatic carbocycles. The number of carbonyl (C=O) groups is 1. The van der Waals surface area contributed by atoms with Crippen LogP contribution in [0.15, 0.2) is 59.5 Å². The van der Waals surface area contributed by atoms with Gasteiger partial charge in [-0.2, -0.15) is 0 Å². The molecule has 1 aromatic carbocycles. The first-order chi connectivity index (χ1) is 13.1. The summed E-state index contributed by atoms with van der Waals surface area (Å²) in [5.74, 6) is 0.716. The monoisotopic (exact) mass is 364 g/mol. The molecule has 0 unspecified atom stereocenters. The van der Waals surface area contributed by atoms with Crippen LogP contribution in [0.3, 0.4) is 0 Å².